The van der Waals surface area contributed by atoms with Gasteiger partial charge in [0.15, 0.2) is 0 Å². The van der Waals surface area contributed by atoms with Crippen molar-refractivity contribution in [1.82, 2.24) is 4.98 Å². The summed E-state index contributed by atoms with van der Waals surface area (Å²) in [6, 6.07) is 7.66. The zero-order valence-electron chi connectivity index (χ0n) is 12.3. The molecule has 0 saturated heterocycles. The first-order valence-corrected chi connectivity index (χ1v) is 7.52. The van der Waals surface area contributed by atoms with Gasteiger partial charge in [-0.1, -0.05) is 51.3 Å². The van der Waals surface area contributed by atoms with Crippen LogP contribution in [-0.2, 0) is 0 Å². The van der Waals surface area contributed by atoms with E-state index in [2.05, 4.69) is 18.8 Å². The number of hydrogen-bond acceptors (Lipinski definition) is 1. The van der Waals surface area contributed by atoms with Crippen LogP contribution in [0.2, 0.25) is 0 Å². The quantitative estimate of drug-likeness (QED) is 0.702. The Morgan fingerprint density at radius 3 is 2.65 bits per heavy atom. The van der Waals surface area contributed by atoms with Gasteiger partial charge in [0.05, 0.1) is 5.56 Å². The van der Waals surface area contributed by atoms with E-state index in [1.54, 1.807) is 0 Å². The highest BCUT2D eigenvalue weighted by Gasteiger charge is 2.22. The van der Waals surface area contributed by atoms with Crippen LogP contribution < -0.4 is 0 Å². The molecule has 0 bridgehead atoms. The summed E-state index contributed by atoms with van der Waals surface area (Å²) in [5.41, 5.74) is 2.29. The summed E-state index contributed by atoms with van der Waals surface area (Å²) in [5, 5.41) is 10.4. The molecule has 1 heterocycles. The maximum absolute atomic E-state index is 11.6. The molecule has 3 heteroatoms. The standard InChI is InChI=1S/C17H23NO2/c1-3-5-6-9-12(4-2)16-15(17(19)20)13-10-7-8-11-14(13)18-16/h7-8,10-12,18H,3-6,9H2,1-2H3,(H,19,20). The second kappa shape index (κ2) is 6.60. The fraction of sp³-hybridized carbons (Fsp3) is 0.471. The van der Waals surface area contributed by atoms with Gasteiger partial charge in [0, 0.05) is 16.6 Å². The number of carboxylic acids is 1. The van der Waals surface area contributed by atoms with Crippen LogP contribution in [-0.4, -0.2) is 16.1 Å². The lowest BCUT2D eigenvalue weighted by molar-refractivity contribution is 0.0697. The van der Waals surface area contributed by atoms with E-state index in [0.717, 1.165) is 35.9 Å². The second-order valence-electron chi connectivity index (χ2n) is 5.37. The third kappa shape index (κ3) is 2.87. The molecule has 1 unspecified atom stereocenters. The summed E-state index contributed by atoms with van der Waals surface area (Å²) in [7, 11) is 0. The highest BCUT2D eigenvalue weighted by atomic mass is 16.4. The fourth-order valence-corrected chi connectivity index (χ4v) is 2.89. The summed E-state index contributed by atoms with van der Waals surface area (Å²) in [4.78, 5) is 15.0. The first kappa shape index (κ1) is 14.6. The first-order valence-electron chi connectivity index (χ1n) is 7.52. The SMILES string of the molecule is CCCCCC(CC)c1[nH]c2ccccc2c1C(=O)O. The van der Waals surface area contributed by atoms with Crippen molar-refractivity contribution in [2.75, 3.05) is 0 Å². The molecule has 2 rings (SSSR count). The van der Waals surface area contributed by atoms with Gasteiger partial charge in [-0.05, 0) is 24.8 Å². The average Bonchev–Trinajstić information content (AvgIpc) is 2.82. The molecule has 108 valence electrons. The predicted octanol–water partition coefficient (Wildman–Crippen LogP) is 4.94. The average molecular weight is 273 g/mol. The number of carbonyl (C=O) groups is 1. The number of fused-ring (bicyclic) bond motifs is 1. The smallest absolute Gasteiger partial charge is 0.338 e. The van der Waals surface area contributed by atoms with Gasteiger partial charge in [0.2, 0.25) is 0 Å². The summed E-state index contributed by atoms with van der Waals surface area (Å²) >= 11 is 0. The highest BCUT2D eigenvalue weighted by Crippen LogP contribution is 2.32. The molecule has 0 fully saturated rings. The van der Waals surface area contributed by atoms with E-state index in [1.807, 2.05) is 24.3 Å². The number of para-hydroxylation sites is 1. The van der Waals surface area contributed by atoms with Gasteiger partial charge in [-0.3, -0.25) is 0 Å². The Morgan fingerprint density at radius 2 is 2.00 bits per heavy atom. The number of carboxylic acid groups (broad SMARTS) is 1. The topological polar surface area (TPSA) is 53.1 Å². The van der Waals surface area contributed by atoms with Gasteiger partial charge >= 0.3 is 5.97 Å². The van der Waals surface area contributed by atoms with Gasteiger partial charge in [0.25, 0.3) is 0 Å². The molecule has 1 aromatic carbocycles. The normalized spacial score (nSPS) is 12.7. The Balaban J connectivity index is 2.40. The zero-order valence-corrected chi connectivity index (χ0v) is 12.3. The number of benzene rings is 1. The van der Waals surface area contributed by atoms with Crippen molar-refractivity contribution in [3.8, 4) is 0 Å². The maximum Gasteiger partial charge on any atom is 0.338 e. The minimum atomic E-state index is -0.827. The Kier molecular flexibility index (Phi) is 4.83. The Morgan fingerprint density at radius 1 is 1.25 bits per heavy atom. The van der Waals surface area contributed by atoms with Gasteiger partial charge in [0.1, 0.15) is 0 Å². The Labute approximate surface area is 120 Å². The number of aromatic amines is 1. The maximum atomic E-state index is 11.6. The molecular formula is C17H23NO2. The molecular weight excluding hydrogens is 250 g/mol. The minimum absolute atomic E-state index is 0.306. The lowest BCUT2D eigenvalue weighted by Gasteiger charge is -2.14. The molecule has 2 N–H and O–H groups in total. The van der Waals surface area contributed by atoms with Crippen LogP contribution in [0.4, 0.5) is 0 Å². The van der Waals surface area contributed by atoms with Crippen LogP contribution in [0.25, 0.3) is 10.9 Å². The lowest BCUT2D eigenvalue weighted by atomic mass is 9.92. The molecule has 0 aliphatic rings. The number of unbranched alkanes of at least 4 members (excludes halogenated alkanes) is 2. The Bertz CT molecular complexity index is 586. The second-order valence-corrected chi connectivity index (χ2v) is 5.37. The third-order valence-corrected chi connectivity index (χ3v) is 4.01. The van der Waals surface area contributed by atoms with E-state index in [1.165, 1.54) is 12.8 Å². The van der Waals surface area contributed by atoms with Crippen molar-refractivity contribution in [3.05, 3.63) is 35.5 Å². The zero-order chi connectivity index (χ0) is 14.5. The van der Waals surface area contributed by atoms with E-state index >= 15 is 0 Å². The summed E-state index contributed by atoms with van der Waals surface area (Å²) in [5.74, 6) is -0.522. The van der Waals surface area contributed by atoms with Crippen LogP contribution in [0.1, 0.15) is 67.9 Å². The van der Waals surface area contributed by atoms with E-state index < -0.39 is 5.97 Å². The molecule has 0 aliphatic carbocycles. The largest absolute Gasteiger partial charge is 0.478 e. The van der Waals surface area contributed by atoms with Crippen molar-refractivity contribution >= 4 is 16.9 Å². The number of aromatic carboxylic acids is 1. The van der Waals surface area contributed by atoms with E-state index in [4.69, 9.17) is 0 Å². The predicted molar refractivity (Wildman–Crippen MR) is 82.4 cm³/mol. The molecule has 1 aromatic heterocycles. The highest BCUT2D eigenvalue weighted by molar-refractivity contribution is 6.04. The van der Waals surface area contributed by atoms with Gasteiger partial charge in [-0.2, -0.15) is 0 Å². The number of aromatic nitrogens is 1. The number of H-pyrrole nitrogens is 1. The number of rotatable bonds is 7. The van der Waals surface area contributed by atoms with Crippen molar-refractivity contribution in [1.29, 1.82) is 0 Å². The van der Waals surface area contributed by atoms with Crippen LogP contribution in [0.3, 0.4) is 0 Å². The van der Waals surface area contributed by atoms with Gasteiger partial charge in [-0.15, -0.1) is 0 Å². The number of hydrogen-bond donors (Lipinski definition) is 2. The molecule has 0 spiro atoms. The van der Waals surface area contributed by atoms with Gasteiger partial charge < -0.3 is 10.1 Å². The van der Waals surface area contributed by atoms with Gasteiger partial charge in [-0.25, -0.2) is 4.79 Å². The van der Waals surface area contributed by atoms with Crippen LogP contribution in [0.15, 0.2) is 24.3 Å². The molecule has 0 radical (unpaired) electrons. The molecule has 0 amide bonds. The van der Waals surface area contributed by atoms with E-state index in [9.17, 15) is 9.90 Å². The molecule has 2 aromatic rings. The summed E-state index contributed by atoms with van der Waals surface area (Å²) < 4.78 is 0. The van der Waals surface area contributed by atoms with Crippen molar-refractivity contribution in [2.45, 2.75) is 51.9 Å². The summed E-state index contributed by atoms with van der Waals surface area (Å²) in [6.07, 6.45) is 5.58. The van der Waals surface area contributed by atoms with Crippen molar-refractivity contribution in [2.24, 2.45) is 0 Å². The molecule has 20 heavy (non-hydrogen) atoms. The van der Waals surface area contributed by atoms with Crippen LogP contribution in [0.5, 0.6) is 0 Å². The molecule has 0 aliphatic heterocycles. The lowest BCUT2D eigenvalue weighted by Crippen LogP contribution is -2.06. The summed E-state index contributed by atoms with van der Waals surface area (Å²) in [6.45, 7) is 4.32. The molecule has 0 saturated carbocycles. The third-order valence-electron chi connectivity index (χ3n) is 4.01. The molecule has 3 nitrogen and oxygen atoms in total. The first-order chi connectivity index (χ1) is 9.69. The number of nitrogens with one attached hydrogen (secondary N) is 1. The van der Waals surface area contributed by atoms with E-state index in [-0.39, 0.29) is 0 Å². The van der Waals surface area contributed by atoms with E-state index in [0.29, 0.717) is 11.5 Å². The van der Waals surface area contributed by atoms with Crippen molar-refractivity contribution in [3.63, 3.8) is 0 Å². The van der Waals surface area contributed by atoms with Crippen LogP contribution >= 0.6 is 0 Å². The Hall–Kier alpha value is -1.77. The van der Waals surface area contributed by atoms with Crippen molar-refractivity contribution < 1.29 is 9.90 Å². The molecule has 1 atom stereocenters. The minimum Gasteiger partial charge on any atom is -0.478 e. The van der Waals surface area contributed by atoms with Crippen LogP contribution in [0, 0.1) is 0 Å². The monoisotopic (exact) mass is 273 g/mol. The fourth-order valence-electron chi connectivity index (χ4n) is 2.89.